The largest absolute Gasteiger partial charge is 0.0845 e. The Morgan fingerprint density at radius 3 is 2.33 bits per heavy atom. The first-order valence-corrected chi connectivity index (χ1v) is 7.31. The van der Waals surface area contributed by atoms with Gasteiger partial charge in [0.15, 0.2) is 0 Å². The molecule has 1 aromatic rings. The molecule has 0 heteroatoms. The molecule has 0 atom stereocenters. The minimum atomic E-state index is 1.21. The van der Waals surface area contributed by atoms with Gasteiger partial charge in [-0.2, -0.15) is 0 Å². The molecular weight excluding hydrogens is 216 g/mol. The molecule has 0 saturated heterocycles. The van der Waals surface area contributed by atoms with Crippen molar-refractivity contribution < 1.29 is 0 Å². The summed E-state index contributed by atoms with van der Waals surface area (Å²) < 4.78 is 0. The van der Waals surface area contributed by atoms with Crippen LogP contribution < -0.4 is 0 Å². The number of unbranched alkanes of at least 4 members (excludes halogenated alkanes) is 6. The Bertz CT molecular complexity index is 332. The second-order valence-electron chi connectivity index (χ2n) is 4.75. The molecule has 0 aliphatic carbocycles. The quantitative estimate of drug-likeness (QED) is 0.367. The third-order valence-corrected chi connectivity index (χ3v) is 3.06. The Hall–Kier alpha value is -1.30. The fourth-order valence-corrected chi connectivity index (χ4v) is 1.95. The topological polar surface area (TPSA) is 0 Å². The summed E-state index contributed by atoms with van der Waals surface area (Å²) in [5.41, 5.74) is 1.27. The summed E-state index contributed by atoms with van der Waals surface area (Å²) >= 11 is 0. The van der Waals surface area contributed by atoms with Crippen LogP contribution in [-0.4, -0.2) is 0 Å². The highest BCUT2D eigenvalue weighted by Gasteiger charge is 1.87. The van der Waals surface area contributed by atoms with E-state index >= 15 is 0 Å². The highest BCUT2D eigenvalue weighted by Crippen LogP contribution is 2.07. The van der Waals surface area contributed by atoms with Crippen LogP contribution in [0.25, 0.3) is 6.08 Å². The monoisotopic (exact) mass is 242 g/mol. The van der Waals surface area contributed by atoms with Crippen molar-refractivity contribution in [3.63, 3.8) is 0 Å². The molecule has 0 aliphatic heterocycles. The van der Waals surface area contributed by atoms with Crippen LogP contribution in [-0.2, 0) is 0 Å². The molecule has 0 aromatic heterocycles. The van der Waals surface area contributed by atoms with Crippen molar-refractivity contribution in [1.29, 1.82) is 0 Å². The van der Waals surface area contributed by atoms with Gasteiger partial charge in [0.2, 0.25) is 0 Å². The van der Waals surface area contributed by atoms with Crippen molar-refractivity contribution in [2.45, 2.75) is 51.9 Å². The van der Waals surface area contributed by atoms with E-state index in [-0.39, 0.29) is 0 Å². The summed E-state index contributed by atoms with van der Waals surface area (Å²) in [6.45, 7) is 2.27. The summed E-state index contributed by atoms with van der Waals surface area (Å²) in [4.78, 5) is 0. The fraction of sp³-hybridized carbons (Fsp3) is 0.444. The predicted molar refractivity (Wildman–Crippen MR) is 82.6 cm³/mol. The molecule has 0 fully saturated rings. The zero-order valence-electron chi connectivity index (χ0n) is 11.6. The van der Waals surface area contributed by atoms with Gasteiger partial charge in [-0.25, -0.2) is 0 Å². The molecule has 0 aliphatic rings. The standard InChI is InChI=1S/C18H26/c1-2-3-4-5-6-7-8-9-10-12-15-18-16-13-11-14-17-18/h9-17H,2-8H2,1H3. The van der Waals surface area contributed by atoms with E-state index in [4.69, 9.17) is 0 Å². The van der Waals surface area contributed by atoms with Crippen LogP contribution in [0.15, 0.2) is 48.6 Å². The molecule has 0 saturated carbocycles. The van der Waals surface area contributed by atoms with Crippen LogP contribution in [0.1, 0.15) is 57.4 Å². The van der Waals surface area contributed by atoms with Gasteiger partial charge in [0.1, 0.15) is 0 Å². The van der Waals surface area contributed by atoms with Crippen LogP contribution in [0.2, 0.25) is 0 Å². The molecule has 0 nitrogen and oxygen atoms in total. The number of hydrogen-bond acceptors (Lipinski definition) is 0. The number of rotatable bonds is 9. The van der Waals surface area contributed by atoms with Gasteiger partial charge in [-0.1, -0.05) is 93.7 Å². The molecule has 0 amide bonds. The van der Waals surface area contributed by atoms with Gasteiger partial charge < -0.3 is 0 Å². The smallest absolute Gasteiger partial charge is 0.0257 e. The average molecular weight is 242 g/mol. The first kappa shape index (κ1) is 14.8. The van der Waals surface area contributed by atoms with Gasteiger partial charge in [0.25, 0.3) is 0 Å². The van der Waals surface area contributed by atoms with Crippen molar-refractivity contribution in [3.05, 3.63) is 54.1 Å². The number of allylic oxidation sites excluding steroid dienone is 3. The van der Waals surface area contributed by atoms with E-state index < -0.39 is 0 Å². The Labute approximate surface area is 112 Å². The second-order valence-corrected chi connectivity index (χ2v) is 4.75. The van der Waals surface area contributed by atoms with E-state index in [0.717, 1.165) is 0 Å². The van der Waals surface area contributed by atoms with Crippen molar-refractivity contribution in [2.75, 3.05) is 0 Å². The Balaban J connectivity index is 2.02. The summed E-state index contributed by atoms with van der Waals surface area (Å²) in [5, 5.41) is 0. The van der Waals surface area contributed by atoms with Gasteiger partial charge >= 0.3 is 0 Å². The van der Waals surface area contributed by atoms with Gasteiger partial charge in [0, 0.05) is 0 Å². The molecule has 0 radical (unpaired) electrons. The maximum Gasteiger partial charge on any atom is -0.0257 e. The normalized spacial score (nSPS) is 11.6. The third-order valence-electron chi connectivity index (χ3n) is 3.06. The van der Waals surface area contributed by atoms with Crippen LogP contribution in [0.3, 0.4) is 0 Å². The number of benzene rings is 1. The zero-order chi connectivity index (χ0) is 12.9. The number of hydrogen-bond donors (Lipinski definition) is 0. The summed E-state index contributed by atoms with van der Waals surface area (Å²) in [6, 6.07) is 10.4. The second kappa shape index (κ2) is 10.8. The predicted octanol–water partition coefficient (Wildman–Crippen LogP) is 6.01. The lowest BCUT2D eigenvalue weighted by Crippen LogP contribution is -1.77. The maximum absolute atomic E-state index is 2.28. The van der Waals surface area contributed by atoms with Gasteiger partial charge in [-0.15, -0.1) is 0 Å². The third kappa shape index (κ3) is 7.89. The van der Waals surface area contributed by atoms with Gasteiger partial charge in [-0.05, 0) is 18.4 Å². The first-order chi connectivity index (χ1) is 8.93. The van der Waals surface area contributed by atoms with Crippen LogP contribution in [0.5, 0.6) is 0 Å². The first-order valence-electron chi connectivity index (χ1n) is 7.31. The van der Waals surface area contributed by atoms with E-state index in [0.29, 0.717) is 0 Å². The average Bonchev–Trinajstić information content (AvgIpc) is 2.42. The van der Waals surface area contributed by atoms with Crippen molar-refractivity contribution in [1.82, 2.24) is 0 Å². The molecule has 1 aromatic carbocycles. The lowest BCUT2D eigenvalue weighted by atomic mass is 10.1. The van der Waals surface area contributed by atoms with E-state index in [2.05, 4.69) is 55.5 Å². The van der Waals surface area contributed by atoms with E-state index in [9.17, 15) is 0 Å². The molecule has 0 spiro atoms. The summed E-state index contributed by atoms with van der Waals surface area (Å²) in [5.74, 6) is 0. The molecule has 98 valence electrons. The SMILES string of the molecule is CCCCCCCCC=CC=Cc1ccccc1. The Kier molecular flexibility index (Phi) is 8.88. The Morgan fingerprint density at radius 2 is 1.56 bits per heavy atom. The molecule has 0 unspecified atom stereocenters. The van der Waals surface area contributed by atoms with Gasteiger partial charge in [-0.3, -0.25) is 0 Å². The molecule has 0 heterocycles. The Morgan fingerprint density at radius 1 is 0.833 bits per heavy atom. The molecule has 0 N–H and O–H groups in total. The van der Waals surface area contributed by atoms with Crippen molar-refractivity contribution in [2.24, 2.45) is 0 Å². The lowest BCUT2D eigenvalue weighted by molar-refractivity contribution is 0.611. The summed E-state index contributed by atoms with van der Waals surface area (Å²) in [6.07, 6.45) is 18.2. The minimum absolute atomic E-state index is 1.21. The molecule has 1 rings (SSSR count). The van der Waals surface area contributed by atoms with E-state index in [1.165, 1.54) is 50.5 Å². The highest BCUT2D eigenvalue weighted by atomic mass is 13.9. The maximum atomic E-state index is 2.28. The van der Waals surface area contributed by atoms with E-state index in [1.54, 1.807) is 0 Å². The highest BCUT2D eigenvalue weighted by molar-refractivity contribution is 5.50. The molecule has 18 heavy (non-hydrogen) atoms. The zero-order valence-corrected chi connectivity index (χ0v) is 11.6. The fourth-order valence-electron chi connectivity index (χ4n) is 1.95. The molecule has 0 bridgehead atoms. The van der Waals surface area contributed by atoms with Crippen LogP contribution >= 0.6 is 0 Å². The van der Waals surface area contributed by atoms with Crippen LogP contribution in [0.4, 0.5) is 0 Å². The lowest BCUT2D eigenvalue weighted by Gasteiger charge is -1.97. The molecular formula is C18H26. The summed E-state index contributed by atoms with van der Waals surface area (Å²) in [7, 11) is 0. The van der Waals surface area contributed by atoms with Crippen molar-refractivity contribution >= 4 is 6.08 Å². The van der Waals surface area contributed by atoms with Crippen molar-refractivity contribution in [3.8, 4) is 0 Å². The minimum Gasteiger partial charge on any atom is -0.0845 e. The van der Waals surface area contributed by atoms with Crippen LogP contribution in [0, 0.1) is 0 Å². The van der Waals surface area contributed by atoms with Gasteiger partial charge in [0.05, 0.1) is 0 Å². The van der Waals surface area contributed by atoms with E-state index in [1.807, 2.05) is 6.07 Å².